The first-order chi connectivity index (χ1) is 12.6. The van der Waals surface area contributed by atoms with Crippen molar-refractivity contribution in [3.8, 4) is 23.0 Å². The summed E-state index contributed by atoms with van der Waals surface area (Å²) in [4.78, 5) is 10.9. The zero-order valence-electron chi connectivity index (χ0n) is 15.1. The minimum atomic E-state index is -0.328. The number of benzene rings is 2. The lowest BCUT2D eigenvalue weighted by Crippen LogP contribution is -2.11. The van der Waals surface area contributed by atoms with Crippen LogP contribution in [0.4, 0.5) is 0 Å². The minimum absolute atomic E-state index is 0.0686. The molecule has 0 aliphatic carbocycles. The second-order valence-electron chi connectivity index (χ2n) is 5.93. The van der Waals surface area contributed by atoms with E-state index in [1.54, 1.807) is 7.11 Å². The summed E-state index contributed by atoms with van der Waals surface area (Å²) in [5.41, 5.74) is 2.09. The van der Waals surface area contributed by atoms with Crippen molar-refractivity contribution >= 4 is 5.97 Å². The standard InChI is InChI=1S/C20H22O6/c1-13(15-4-6-16(22-3)7-5-15)17-10-19-20(26-12-25-19)11-18(17)24-9-8-23-14(2)21/h4-7,10-11,13H,8-9,12H2,1-3H3. The molecule has 3 rings (SSSR count). The number of esters is 1. The first-order valence-electron chi connectivity index (χ1n) is 8.42. The summed E-state index contributed by atoms with van der Waals surface area (Å²) in [5.74, 6) is 2.59. The van der Waals surface area contributed by atoms with Gasteiger partial charge in [-0.15, -0.1) is 0 Å². The van der Waals surface area contributed by atoms with Crippen molar-refractivity contribution in [1.82, 2.24) is 0 Å². The highest BCUT2D eigenvalue weighted by Crippen LogP contribution is 2.42. The third-order valence-corrected chi connectivity index (χ3v) is 4.23. The van der Waals surface area contributed by atoms with Crippen LogP contribution >= 0.6 is 0 Å². The highest BCUT2D eigenvalue weighted by atomic mass is 16.7. The predicted molar refractivity (Wildman–Crippen MR) is 95.2 cm³/mol. The van der Waals surface area contributed by atoms with E-state index in [-0.39, 0.29) is 31.9 Å². The zero-order valence-corrected chi connectivity index (χ0v) is 15.1. The summed E-state index contributed by atoms with van der Waals surface area (Å²) >= 11 is 0. The van der Waals surface area contributed by atoms with Gasteiger partial charge in [0.15, 0.2) is 11.5 Å². The Hall–Kier alpha value is -2.89. The van der Waals surface area contributed by atoms with Gasteiger partial charge in [-0.05, 0) is 23.8 Å². The van der Waals surface area contributed by atoms with Crippen LogP contribution in [0.25, 0.3) is 0 Å². The van der Waals surface area contributed by atoms with Crippen LogP contribution in [0.1, 0.15) is 30.9 Å². The fourth-order valence-electron chi connectivity index (χ4n) is 2.81. The van der Waals surface area contributed by atoms with Crippen LogP contribution in [0.2, 0.25) is 0 Å². The third-order valence-electron chi connectivity index (χ3n) is 4.23. The molecule has 0 N–H and O–H groups in total. The van der Waals surface area contributed by atoms with Crippen LogP contribution in [0.5, 0.6) is 23.0 Å². The van der Waals surface area contributed by atoms with Crippen molar-refractivity contribution in [2.24, 2.45) is 0 Å². The first kappa shape index (κ1) is 17.9. The molecule has 0 fully saturated rings. The van der Waals surface area contributed by atoms with Gasteiger partial charge in [-0.3, -0.25) is 4.79 Å². The van der Waals surface area contributed by atoms with Gasteiger partial charge in [-0.25, -0.2) is 0 Å². The minimum Gasteiger partial charge on any atom is -0.497 e. The largest absolute Gasteiger partial charge is 0.497 e. The molecule has 138 valence electrons. The van der Waals surface area contributed by atoms with Gasteiger partial charge in [-0.1, -0.05) is 19.1 Å². The summed E-state index contributed by atoms with van der Waals surface area (Å²) in [7, 11) is 1.64. The number of rotatable bonds is 7. The van der Waals surface area contributed by atoms with Crippen molar-refractivity contribution < 1.29 is 28.5 Å². The molecule has 0 aromatic heterocycles. The number of carbonyl (C=O) groups is 1. The van der Waals surface area contributed by atoms with E-state index in [1.807, 2.05) is 36.4 Å². The Kier molecular flexibility index (Phi) is 5.51. The summed E-state index contributed by atoms with van der Waals surface area (Å²) in [6, 6.07) is 11.7. The molecule has 26 heavy (non-hydrogen) atoms. The molecular formula is C20H22O6. The molecule has 0 radical (unpaired) electrons. The average Bonchev–Trinajstić information content (AvgIpc) is 3.11. The third kappa shape index (κ3) is 4.02. The SMILES string of the molecule is COc1ccc(C(C)c2cc3c(cc2OCCOC(C)=O)OCO3)cc1. The van der Waals surface area contributed by atoms with Crippen LogP contribution in [0.3, 0.4) is 0 Å². The van der Waals surface area contributed by atoms with Gasteiger partial charge >= 0.3 is 5.97 Å². The van der Waals surface area contributed by atoms with E-state index in [0.717, 1.165) is 16.9 Å². The maximum Gasteiger partial charge on any atom is 0.302 e. The highest BCUT2D eigenvalue weighted by molar-refractivity contribution is 5.65. The van der Waals surface area contributed by atoms with Gasteiger partial charge in [0.1, 0.15) is 24.7 Å². The maximum absolute atomic E-state index is 10.9. The molecule has 1 aliphatic heterocycles. The Bertz CT molecular complexity index is 769. The number of ether oxygens (including phenoxy) is 5. The number of hydrogen-bond donors (Lipinski definition) is 0. The van der Waals surface area contributed by atoms with Crippen LogP contribution in [-0.2, 0) is 9.53 Å². The number of fused-ring (bicyclic) bond motifs is 1. The van der Waals surface area contributed by atoms with Gasteiger partial charge in [0.2, 0.25) is 6.79 Å². The quantitative estimate of drug-likeness (QED) is 0.557. The van der Waals surface area contributed by atoms with E-state index in [1.165, 1.54) is 6.92 Å². The Balaban J connectivity index is 1.84. The van der Waals surface area contributed by atoms with Gasteiger partial charge < -0.3 is 23.7 Å². The van der Waals surface area contributed by atoms with Crippen molar-refractivity contribution in [2.75, 3.05) is 27.1 Å². The van der Waals surface area contributed by atoms with Crippen LogP contribution in [-0.4, -0.2) is 33.1 Å². The topological polar surface area (TPSA) is 63.2 Å². The molecule has 1 unspecified atom stereocenters. The van der Waals surface area contributed by atoms with Crippen LogP contribution in [0.15, 0.2) is 36.4 Å². The molecule has 1 heterocycles. The lowest BCUT2D eigenvalue weighted by molar-refractivity contribution is -0.141. The van der Waals surface area contributed by atoms with E-state index in [4.69, 9.17) is 23.7 Å². The number of methoxy groups -OCH3 is 1. The first-order valence-corrected chi connectivity index (χ1v) is 8.42. The molecule has 1 atom stereocenters. The molecule has 0 amide bonds. The lowest BCUT2D eigenvalue weighted by atomic mass is 9.92. The second kappa shape index (κ2) is 7.99. The van der Waals surface area contributed by atoms with Gasteiger partial charge in [0.25, 0.3) is 0 Å². The van der Waals surface area contributed by atoms with Crippen molar-refractivity contribution in [2.45, 2.75) is 19.8 Å². The monoisotopic (exact) mass is 358 g/mol. The maximum atomic E-state index is 10.9. The number of carbonyl (C=O) groups excluding carboxylic acids is 1. The highest BCUT2D eigenvalue weighted by Gasteiger charge is 2.22. The van der Waals surface area contributed by atoms with E-state index >= 15 is 0 Å². The summed E-state index contributed by atoms with van der Waals surface area (Å²) in [5, 5.41) is 0. The Morgan fingerprint density at radius 3 is 2.46 bits per heavy atom. The van der Waals surface area contributed by atoms with Gasteiger partial charge in [0.05, 0.1) is 7.11 Å². The number of hydrogen-bond acceptors (Lipinski definition) is 6. The van der Waals surface area contributed by atoms with E-state index < -0.39 is 0 Å². The van der Waals surface area contributed by atoms with Crippen LogP contribution < -0.4 is 18.9 Å². The second-order valence-corrected chi connectivity index (χ2v) is 5.93. The molecule has 0 bridgehead atoms. The lowest BCUT2D eigenvalue weighted by Gasteiger charge is -2.18. The molecule has 6 heteroatoms. The Morgan fingerprint density at radius 2 is 1.81 bits per heavy atom. The summed E-state index contributed by atoms with van der Waals surface area (Å²) in [6.45, 7) is 4.13. The molecule has 0 saturated heterocycles. The molecular weight excluding hydrogens is 336 g/mol. The smallest absolute Gasteiger partial charge is 0.302 e. The van der Waals surface area contributed by atoms with Gasteiger partial charge in [-0.2, -0.15) is 0 Å². The van der Waals surface area contributed by atoms with Crippen LogP contribution in [0, 0.1) is 0 Å². The molecule has 0 saturated carbocycles. The fourth-order valence-corrected chi connectivity index (χ4v) is 2.81. The van der Waals surface area contributed by atoms with Crippen molar-refractivity contribution in [3.05, 3.63) is 47.5 Å². The summed E-state index contributed by atoms with van der Waals surface area (Å²) in [6.07, 6.45) is 0. The van der Waals surface area contributed by atoms with Crippen molar-refractivity contribution in [1.29, 1.82) is 0 Å². The molecule has 1 aliphatic rings. The summed E-state index contributed by atoms with van der Waals surface area (Å²) < 4.78 is 27.0. The zero-order chi connectivity index (χ0) is 18.5. The Labute approximate surface area is 152 Å². The fraction of sp³-hybridized carbons (Fsp3) is 0.350. The molecule has 6 nitrogen and oxygen atoms in total. The van der Waals surface area contributed by atoms with Gasteiger partial charge in [0, 0.05) is 24.5 Å². The predicted octanol–water partition coefficient (Wildman–Crippen LogP) is 3.52. The normalized spacial score (nSPS) is 13.2. The van der Waals surface area contributed by atoms with Crippen molar-refractivity contribution in [3.63, 3.8) is 0 Å². The molecule has 0 spiro atoms. The molecule has 2 aromatic carbocycles. The van der Waals surface area contributed by atoms with E-state index in [0.29, 0.717) is 17.2 Å². The Morgan fingerprint density at radius 1 is 1.12 bits per heavy atom. The average molecular weight is 358 g/mol. The van der Waals surface area contributed by atoms with E-state index in [2.05, 4.69) is 6.92 Å². The van der Waals surface area contributed by atoms with E-state index in [9.17, 15) is 4.79 Å². The molecule has 2 aromatic rings.